The van der Waals surface area contributed by atoms with Crippen molar-refractivity contribution in [2.75, 3.05) is 0 Å². The molecule has 0 fully saturated rings. The van der Waals surface area contributed by atoms with Crippen LogP contribution in [-0.4, -0.2) is 19.7 Å². The Morgan fingerprint density at radius 3 is 2.94 bits per heavy atom. The molecule has 0 saturated heterocycles. The molecule has 0 bridgehead atoms. The third kappa shape index (κ3) is 1.82. The first kappa shape index (κ1) is 10.4. The molecule has 2 aromatic rings. The summed E-state index contributed by atoms with van der Waals surface area (Å²) in [5, 5.41) is 8.47. The topological polar surface area (TPSA) is 69.6 Å². The van der Waals surface area contributed by atoms with Gasteiger partial charge in [-0.05, 0) is 24.5 Å². The van der Waals surface area contributed by atoms with E-state index in [0.29, 0.717) is 6.54 Å². The third-order valence-corrected chi connectivity index (χ3v) is 3.15. The summed E-state index contributed by atoms with van der Waals surface area (Å²) in [6, 6.07) is 3.96. The van der Waals surface area contributed by atoms with Crippen molar-refractivity contribution in [1.29, 1.82) is 0 Å². The van der Waals surface area contributed by atoms with Crippen LogP contribution in [0.4, 0.5) is 0 Å². The van der Waals surface area contributed by atoms with Crippen molar-refractivity contribution in [3.63, 3.8) is 0 Å². The van der Waals surface area contributed by atoms with Crippen molar-refractivity contribution < 1.29 is 0 Å². The lowest BCUT2D eigenvalue weighted by atomic mass is 10.1. The molecule has 0 amide bonds. The van der Waals surface area contributed by atoms with Gasteiger partial charge in [-0.3, -0.25) is 4.98 Å². The minimum absolute atomic E-state index is 0.519. The molecule has 0 aliphatic carbocycles. The number of fused-ring (bicyclic) bond motifs is 1. The van der Waals surface area contributed by atoms with Gasteiger partial charge in [-0.1, -0.05) is 6.07 Å². The van der Waals surface area contributed by atoms with Crippen LogP contribution in [-0.2, 0) is 19.5 Å². The first-order valence-corrected chi connectivity index (χ1v) is 5.96. The number of nitrogens with zero attached hydrogens (tertiary/aromatic N) is 4. The molecule has 5 nitrogen and oxygen atoms in total. The molecule has 0 spiro atoms. The Kier molecular flexibility index (Phi) is 2.60. The summed E-state index contributed by atoms with van der Waals surface area (Å²) in [6.07, 6.45) is 5.23. The van der Waals surface area contributed by atoms with E-state index in [9.17, 15) is 0 Å². The number of pyridine rings is 1. The van der Waals surface area contributed by atoms with E-state index in [-0.39, 0.29) is 0 Å². The highest BCUT2D eigenvalue weighted by Gasteiger charge is 2.17. The number of hydrogen-bond acceptors (Lipinski definition) is 4. The molecule has 0 atom stereocenters. The van der Waals surface area contributed by atoms with Crippen LogP contribution in [0.3, 0.4) is 0 Å². The van der Waals surface area contributed by atoms with E-state index in [0.717, 1.165) is 35.9 Å². The number of aromatic nitrogens is 4. The van der Waals surface area contributed by atoms with Gasteiger partial charge in [-0.2, -0.15) is 0 Å². The lowest BCUT2D eigenvalue weighted by Gasteiger charge is -2.14. The molecule has 2 N–H and O–H groups in total. The second kappa shape index (κ2) is 4.25. The maximum Gasteiger partial charge on any atom is 0.182 e. The molecule has 2 aromatic heterocycles. The smallest absolute Gasteiger partial charge is 0.182 e. The molecule has 0 aromatic carbocycles. The van der Waals surface area contributed by atoms with Crippen molar-refractivity contribution in [2.24, 2.45) is 5.73 Å². The highest BCUT2D eigenvalue weighted by Crippen LogP contribution is 2.21. The number of rotatable bonds is 2. The average Bonchev–Trinajstić information content (AvgIpc) is 2.83. The molecule has 88 valence electrons. The van der Waals surface area contributed by atoms with E-state index in [2.05, 4.69) is 19.7 Å². The highest BCUT2D eigenvalue weighted by atomic mass is 15.3. The third-order valence-electron chi connectivity index (χ3n) is 3.15. The zero-order valence-corrected chi connectivity index (χ0v) is 9.63. The Morgan fingerprint density at radius 1 is 1.24 bits per heavy atom. The maximum absolute atomic E-state index is 5.56. The molecular formula is C12H15N5. The molecule has 17 heavy (non-hydrogen) atoms. The molecule has 1 aliphatic rings. The van der Waals surface area contributed by atoms with Crippen molar-refractivity contribution in [3.8, 4) is 11.5 Å². The van der Waals surface area contributed by atoms with Crippen molar-refractivity contribution in [2.45, 2.75) is 32.4 Å². The minimum atomic E-state index is 0.519. The van der Waals surface area contributed by atoms with Crippen molar-refractivity contribution >= 4 is 0 Å². The zero-order chi connectivity index (χ0) is 11.7. The molecule has 3 heterocycles. The quantitative estimate of drug-likeness (QED) is 0.838. The van der Waals surface area contributed by atoms with Crippen LogP contribution in [0.25, 0.3) is 11.5 Å². The van der Waals surface area contributed by atoms with Gasteiger partial charge >= 0.3 is 0 Å². The van der Waals surface area contributed by atoms with E-state index in [4.69, 9.17) is 5.73 Å². The normalized spacial score (nSPS) is 14.6. The zero-order valence-electron chi connectivity index (χ0n) is 9.63. The minimum Gasteiger partial charge on any atom is -0.326 e. The molecule has 1 aliphatic heterocycles. The van der Waals surface area contributed by atoms with Gasteiger partial charge in [0, 0.05) is 25.7 Å². The van der Waals surface area contributed by atoms with Crippen LogP contribution in [0.2, 0.25) is 0 Å². The summed E-state index contributed by atoms with van der Waals surface area (Å²) in [7, 11) is 0. The van der Waals surface area contributed by atoms with Crippen LogP contribution in [0.1, 0.15) is 24.2 Å². The van der Waals surface area contributed by atoms with Crippen LogP contribution < -0.4 is 5.73 Å². The highest BCUT2D eigenvalue weighted by molar-refractivity contribution is 5.49. The van der Waals surface area contributed by atoms with E-state index >= 15 is 0 Å². The Morgan fingerprint density at radius 2 is 2.18 bits per heavy atom. The Labute approximate surface area is 99.7 Å². The van der Waals surface area contributed by atoms with Crippen LogP contribution in [0.5, 0.6) is 0 Å². The summed E-state index contributed by atoms with van der Waals surface area (Å²) in [4.78, 5) is 4.40. The van der Waals surface area contributed by atoms with E-state index in [1.165, 1.54) is 12.8 Å². The van der Waals surface area contributed by atoms with Crippen LogP contribution in [0.15, 0.2) is 18.3 Å². The molecule has 5 heteroatoms. The lowest BCUT2D eigenvalue weighted by molar-refractivity contribution is 0.525. The molecular weight excluding hydrogens is 214 g/mol. The summed E-state index contributed by atoms with van der Waals surface area (Å²) in [6.45, 7) is 1.52. The fourth-order valence-corrected chi connectivity index (χ4v) is 2.18. The lowest BCUT2D eigenvalue weighted by Crippen LogP contribution is -2.11. The maximum atomic E-state index is 5.56. The fraction of sp³-hybridized carbons (Fsp3) is 0.417. The SMILES string of the molecule is NCc1ccc(-c2nnc3n2CCCC3)nc1. The monoisotopic (exact) mass is 229 g/mol. The van der Waals surface area contributed by atoms with Crippen LogP contribution in [0, 0.1) is 0 Å². The van der Waals surface area contributed by atoms with Gasteiger partial charge < -0.3 is 10.3 Å². The van der Waals surface area contributed by atoms with Gasteiger partial charge in [0.25, 0.3) is 0 Å². The van der Waals surface area contributed by atoms with E-state index in [1.807, 2.05) is 12.1 Å². The standard InChI is InChI=1S/C12H15N5/c13-7-9-4-5-10(14-8-9)12-16-15-11-3-1-2-6-17(11)12/h4-5,8H,1-3,6-7,13H2. The number of aryl methyl sites for hydroxylation is 1. The first-order valence-electron chi connectivity index (χ1n) is 5.96. The number of hydrogen-bond donors (Lipinski definition) is 1. The van der Waals surface area contributed by atoms with Gasteiger partial charge in [0.05, 0.1) is 0 Å². The van der Waals surface area contributed by atoms with Crippen molar-refractivity contribution in [3.05, 3.63) is 29.7 Å². The first-order chi connectivity index (χ1) is 8.38. The molecule has 0 saturated carbocycles. The van der Waals surface area contributed by atoms with Gasteiger partial charge in [0.1, 0.15) is 11.5 Å². The summed E-state index contributed by atoms with van der Waals surface area (Å²) in [5.74, 6) is 1.96. The summed E-state index contributed by atoms with van der Waals surface area (Å²) < 4.78 is 2.17. The largest absolute Gasteiger partial charge is 0.326 e. The van der Waals surface area contributed by atoms with Crippen LogP contribution >= 0.6 is 0 Å². The Balaban J connectivity index is 2.00. The molecule has 3 rings (SSSR count). The van der Waals surface area contributed by atoms with Gasteiger partial charge in [-0.25, -0.2) is 0 Å². The van der Waals surface area contributed by atoms with Gasteiger partial charge in [0.15, 0.2) is 5.82 Å². The second-order valence-electron chi connectivity index (χ2n) is 4.30. The van der Waals surface area contributed by atoms with E-state index < -0.39 is 0 Å². The molecule has 0 radical (unpaired) electrons. The predicted molar refractivity (Wildman–Crippen MR) is 64.1 cm³/mol. The summed E-state index contributed by atoms with van der Waals surface area (Å²) >= 11 is 0. The second-order valence-corrected chi connectivity index (χ2v) is 4.30. The predicted octanol–water partition coefficient (Wildman–Crippen LogP) is 1.14. The Hall–Kier alpha value is -1.75. The average molecular weight is 229 g/mol. The molecule has 0 unspecified atom stereocenters. The van der Waals surface area contributed by atoms with Crippen molar-refractivity contribution in [1.82, 2.24) is 19.7 Å². The van der Waals surface area contributed by atoms with E-state index in [1.54, 1.807) is 6.20 Å². The number of nitrogens with two attached hydrogens (primary N) is 1. The van der Waals surface area contributed by atoms with Gasteiger partial charge in [0.2, 0.25) is 0 Å². The van der Waals surface area contributed by atoms with Gasteiger partial charge in [-0.15, -0.1) is 10.2 Å². The fourth-order valence-electron chi connectivity index (χ4n) is 2.18. The summed E-state index contributed by atoms with van der Waals surface area (Å²) in [5.41, 5.74) is 7.47. The Bertz CT molecular complexity index is 514.